The zero-order valence-corrected chi connectivity index (χ0v) is 14.8. The van der Waals surface area contributed by atoms with Crippen LogP contribution in [0.25, 0.3) is 16.6 Å². The Bertz CT molecular complexity index is 866. The minimum absolute atomic E-state index is 0.219. The number of carbonyl (C=O) groups is 1. The van der Waals surface area contributed by atoms with Crippen LogP contribution in [0.4, 0.5) is 5.13 Å². The highest BCUT2D eigenvalue weighted by atomic mass is 32.1. The smallest absolute Gasteiger partial charge is 0.250 e. The van der Waals surface area contributed by atoms with Gasteiger partial charge in [0.2, 0.25) is 5.91 Å². The van der Waals surface area contributed by atoms with Crippen LogP contribution in [0.15, 0.2) is 41.1 Å². The summed E-state index contributed by atoms with van der Waals surface area (Å²) in [6, 6.07) is 7.72. The van der Waals surface area contributed by atoms with Crippen LogP contribution in [0, 0.1) is 6.92 Å². The van der Waals surface area contributed by atoms with E-state index in [1.54, 1.807) is 13.2 Å². The van der Waals surface area contributed by atoms with Crippen LogP contribution in [0.1, 0.15) is 11.4 Å². The SMILES string of the molecule is COc1ccc(-c2nc(C=CC(=O)Nc3nc(C)cs3)cs2)cc1. The predicted octanol–water partition coefficient (Wildman–Crippen LogP) is 4.24. The van der Waals surface area contributed by atoms with Crippen molar-refractivity contribution in [1.82, 2.24) is 9.97 Å². The molecule has 24 heavy (non-hydrogen) atoms. The first-order chi connectivity index (χ1) is 11.6. The van der Waals surface area contributed by atoms with Crippen LogP contribution in [0.3, 0.4) is 0 Å². The molecule has 0 aliphatic heterocycles. The summed E-state index contributed by atoms with van der Waals surface area (Å²) in [4.78, 5) is 20.6. The van der Waals surface area contributed by atoms with Gasteiger partial charge in [-0.05, 0) is 37.3 Å². The molecule has 0 fully saturated rings. The van der Waals surface area contributed by atoms with E-state index in [0.29, 0.717) is 5.13 Å². The van der Waals surface area contributed by atoms with Crippen molar-refractivity contribution >= 4 is 39.8 Å². The zero-order valence-electron chi connectivity index (χ0n) is 13.1. The number of carbonyl (C=O) groups excluding carboxylic acids is 1. The van der Waals surface area contributed by atoms with Gasteiger partial charge in [0.1, 0.15) is 10.8 Å². The average molecular weight is 357 g/mol. The fourth-order valence-corrected chi connectivity index (χ4v) is 3.43. The highest BCUT2D eigenvalue weighted by Gasteiger charge is 2.05. The molecule has 7 heteroatoms. The molecule has 5 nitrogen and oxygen atoms in total. The molecule has 0 spiro atoms. The summed E-state index contributed by atoms with van der Waals surface area (Å²) < 4.78 is 5.15. The number of hydrogen-bond donors (Lipinski definition) is 1. The van der Waals surface area contributed by atoms with Crippen molar-refractivity contribution in [3.05, 3.63) is 52.5 Å². The molecule has 0 aliphatic rings. The lowest BCUT2D eigenvalue weighted by Gasteiger charge is -1.99. The van der Waals surface area contributed by atoms with Crippen LogP contribution in [-0.2, 0) is 4.79 Å². The number of aryl methyl sites for hydroxylation is 1. The Hall–Kier alpha value is -2.51. The van der Waals surface area contributed by atoms with Gasteiger partial charge in [0.25, 0.3) is 0 Å². The van der Waals surface area contributed by atoms with Gasteiger partial charge in [0.15, 0.2) is 5.13 Å². The molecular weight excluding hydrogens is 342 g/mol. The second-order valence-corrected chi connectivity index (χ2v) is 6.64. The van der Waals surface area contributed by atoms with Crippen molar-refractivity contribution in [3.63, 3.8) is 0 Å². The Kier molecular flexibility index (Phi) is 5.02. The van der Waals surface area contributed by atoms with Crippen molar-refractivity contribution in [2.75, 3.05) is 12.4 Å². The number of ether oxygens (including phenoxy) is 1. The second kappa shape index (κ2) is 7.37. The van der Waals surface area contributed by atoms with Gasteiger partial charge < -0.3 is 4.74 Å². The summed E-state index contributed by atoms with van der Waals surface area (Å²) in [5, 5.41) is 8.02. The number of methoxy groups -OCH3 is 1. The van der Waals surface area contributed by atoms with Crippen LogP contribution in [0.2, 0.25) is 0 Å². The lowest BCUT2D eigenvalue weighted by atomic mass is 10.2. The van der Waals surface area contributed by atoms with Gasteiger partial charge in [-0.15, -0.1) is 22.7 Å². The summed E-state index contributed by atoms with van der Waals surface area (Å²) in [5.41, 5.74) is 2.65. The van der Waals surface area contributed by atoms with Crippen molar-refractivity contribution in [1.29, 1.82) is 0 Å². The van der Waals surface area contributed by atoms with E-state index in [4.69, 9.17) is 4.74 Å². The van der Waals surface area contributed by atoms with Crippen LogP contribution >= 0.6 is 22.7 Å². The fraction of sp³-hybridized carbons (Fsp3) is 0.118. The quantitative estimate of drug-likeness (QED) is 0.694. The summed E-state index contributed by atoms with van der Waals surface area (Å²) in [7, 11) is 1.64. The van der Waals surface area contributed by atoms with E-state index in [0.717, 1.165) is 27.7 Å². The van der Waals surface area contributed by atoms with Crippen LogP contribution < -0.4 is 10.1 Å². The summed E-state index contributed by atoms with van der Waals surface area (Å²) in [6.07, 6.45) is 3.16. The summed E-state index contributed by atoms with van der Waals surface area (Å²) >= 11 is 2.93. The van der Waals surface area contributed by atoms with Crippen molar-refractivity contribution in [3.8, 4) is 16.3 Å². The molecule has 0 bridgehead atoms. The first-order valence-corrected chi connectivity index (χ1v) is 8.91. The van der Waals surface area contributed by atoms with Gasteiger partial charge in [-0.2, -0.15) is 0 Å². The normalized spacial score (nSPS) is 10.9. The lowest BCUT2D eigenvalue weighted by molar-refractivity contribution is -0.111. The molecule has 2 aromatic heterocycles. The van der Waals surface area contributed by atoms with Gasteiger partial charge >= 0.3 is 0 Å². The topological polar surface area (TPSA) is 64.1 Å². The standard InChI is InChI=1S/C17H15N3O2S2/c1-11-9-24-17(18-11)20-15(21)8-5-13-10-23-16(19-13)12-3-6-14(22-2)7-4-12/h3-10H,1-2H3,(H,18,20,21). The molecule has 3 rings (SSSR count). The van der Waals surface area contributed by atoms with Crippen molar-refractivity contribution in [2.45, 2.75) is 6.92 Å². The largest absolute Gasteiger partial charge is 0.497 e. The van der Waals surface area contributed by atoms with Crippen LogP contribution in [-0.4, -0.2) is 23.0 Å². The Balaban J connectivity index is 1.65. The first kappa shape index (κ1) is 16.4. The van der Waals surface area contributed by atoms with E-state index >= 15 is 0 Å². The number of thiazole rings is 2. The Morgan fingerprint density at radius 3 is 2.62 bits per heavy atom. The molecule has 2 heterocycles. The number of hydrogen-bond acceptors (Lipinski definition) is 6. The number of rotatable bonds is 5. The maximum atomic E-state index is 11.9. The average Bonchev–Trinajstić information content (AvgIpc) is 3.22. The second-order valence-electron chi connectivity index (χ2n) is 4.92. The Morgan fingerprint density at radius 1 is 1.17 bits per heavy atom. The summed E-state index contributed by atoms with van der Waals surface area (Å²) in [5.74, 6) is 0.591. The molecule has 3 aromatic rings. The number of benzene rings is 1. The third-order valence-electron chi connectivity index (χ3n) is 3.11. The number of amides is 1. The number of nitrogens with one attached hydrogen (secondary N) is 1. The minimum Gasteiger partial charge on any atom is -0.497 e. The number of nitrogens with zero attached hydrogens (tertiary/aromatic N) is 2. The molecule has 1 amide bonds. The highest BCUT2D eigenvalue weighted by molar-refractivity contribution is 7.14. The highest BCUT2D eigenvalue weighted by Crippen LogP contribution is 2.26. The van der Waals surface area contributed by atoms with E-state index in [1.807, 2.05) is 41.9 Å². The molecule has 0 atom stereocenters. The zero-order chi connectivity index (χ0) is 16.9. The predicted molar refractivity (Wildman–Crippen MR) is 98.6 cm³/mol. The third kappa shape index (κ3) is 4.06. The maximum absolute atomic E-state index is 11.9. The number of anilines is 1. The van der Waals surface area contributed by atoms with Gasteiger partial charge in [-0.3, -0.25) is 10.1 Å². The monoisotopic (exact) mass is 357 g/mol. The van der Waals surface area contributed by atoms with E-state index in [1.165, 1.54) is 28.7 Å². The molecule has 0 unspecified atom stereocenters. The molecule has 0 saturated carbocycles. The molecule has 1 aromatic carbocycles. The fourth-order valence-electron chi connectivity index (χ4n) is 1.95. The number of aromatic nitrogens is 2. The van der Waals surface area contributed by atoms with Gasteiger partial charge in [0.05, 0.1) is 18.5 Å². The van der Waals surface area contributed by atoms with Crippen molar-refractivity contribution in [2.24, 2.45) is 0 Å². The van der Waals surface area contributed by atoms with E-state index in [2.05, 4.69) is 15.3 Å². The molecule has 0 aliphatic carbocycles. The molecule has 0 saturated heterocycles. The van der Waals surface area contributed by atoms with Gasteiger partial charge in [0, 0.05) is 22.4 Å². The van der Waals surface area contributed by atoms with E-state index in [9.17, 15) is 4.79 Å². The van der Waals surface area contributed by atoms with E-state index < -0.39 is 0 Å². The van der Waals surface area contributed by atoms with Gasteiger partial charge in [-0.25, -0.2) is 9.97 Å². The third-order valence-corrected chi connectivity index (χ3v) is 4.90. The molecule has 0 radical (unpaired) electrons. The molecule has 122 valence electrons. The summed E-state index contributed by atoms with van der Waals surface area (Å²) in [6.45, 7) is 1.89. The minimum atomic E-state index is -0.219. The first-order valence-electron chi connectivity index (χ1n) is 7.15. The van der Waals surface area contributed by atoms with Crippen LogP contribution in [0.5, 0.6) is 5.75 Å². The van der Waals surface area contributed by atoms with Crippen molar-refractivity contribution < 1.29 is 9.53 Å². The molecule has 1 N–H and O–H groups in total. The lowest BCUT2D eigenvalue weighted by Crippen LogP contribution is -2.07. The van der Waals surface area contributed by atoms with E-state index in [-0.39, 0.29) is 5.91 Å². The Labute approximate surface area is 147 Å². The van der Waals surface area contributed by atoms with Gasteiger partial charge in [-0.1, -0.05) is 0 Å². The maximum Gasteiger partial charge on any atom is 0.250 e. The molecular formula is C17H15N3O2S2. The Morgan fingerprint density at radius 2 is 1.96 bits per heavy atom.